The number of epoxide rings is 1. The number of aliphatic hydroxyl groups is 5. The standard InChI is InChI=1S/C33H42O14/c1-9-7-16-31(6,29(42)30(43)47-16)21-18(9)33(11(3)35)19(23(21)39)17-20(26(28(33)41)45-13(5)37)32(10(2)34)14(8-15-25(46-15)27(32)40)24(22(17)38)44-12(4)36/h7,9,14-15,17-29,38-42H,8H2,1-6H3. The van der Waals surface area contributed by atoms with Crippen LogP contribution in [0.15, 0.2) is 11.8 Å². The van der Waals surface area contributed by atoms with Crippen molar-refractivity contribution in [1.29, 1.82) is 0 Å². The van der Waals surface area contributed by atoms with Gasteiger partial charge in [-0.15, -0.1) is 0 Å². The van der Waals surface area contributed by atoms with Crippen molar-refractivity contribution in [1.82, 2.24) is 0 Å². The first kappa shape index (κ1) is 32.8. The molecule has 47 heavy (non-hydrogen) atoms. The van der Waals surface area contributed by atoms with E-state index in [4.69, 9.17) is 18.9 Å². The molecular formula is C33H42O14. The molecule has 7 rings (SSSR count). The van der Waals surface area contributed by atoms with Crippen LogP contribution in [0.2, 0.25) is 0 Å². The Hall–Kier alpha value is -2.75. The van der Waals surface area contributed by atoms with Gasteiger partial charge in [-0.05, 0) is 45.1 Å². The van der Waals surface area contributed by atoms with Crippen LogP contribution in [0.4, 0.5) is 0 Å². The van der Waals surface area contributed by atoms with Crippen LogP contribution >= 0.6 is 0 Å². The number of ketones is 2. The maximum absolute atomic E-state index is 14.3. The monoisotopic (exact) mass is 662 g/mol. The number of hydrogen-bond acceptors (Lipinski definition) is 14. The zero-order chi connectivity index (χ0) is 34.4. The normalized spacial score (nSPS) is 55.0. The zero-order valence-corrected chi connectivity index (χ0v) is 26.9. The van der Waals surface area contributed by atoms with Crippen molar-refractivity contribution in [2.45, 2.75) is 103 Å². The maximum Gasteiger partial charge on any atom is 0.341 e. The highest BCUT2D eigenvalue weighted by molar-refractivity contribution is 5.88. The van der Waals surface area contributed by atoms with Crippen LogP contribution in [0.3, 0.4) is 0 Å². The number of carbonyl (C=O) groups is 5. The Balaban J connectivity index is 1.53. The van der Waals surface area contributed by atoms with Gasteiger partial charge < -0.3 is 44.5 Å². The van der Waals surface area contributed by atoms with E-state index in [2.05, 4.69) is 0 Å². The SMILES string of the molecule is CC(=O)OC1C(O)C2C(C(OC(C)=O)C(O)C3(C(C)=O)C2C(O)C2C3C(C)C=C3OC(=O)C(O)C32C)C2(C(C)=O)C(O)C3OC3CC12. The van der Waals surface area contributed by atoms with E-state index in [1.807, 2.05) is 0 Å². The average Bonchev–Trinajstić information content (AvgIpc) is 3.65. The number of ether oxygens (including phenoxy) is 4. The molecule has 0 amide bonds. The summed E-state index contributed by atoms with van der Waals surface area (Å²) in [6.45, 7) is 7.91. The lowest BCUT2D eigenvalue weighted by Gasteiger charge is -2.66. The Labute approximate surface area is 270 Å². The number of hydrogen-bond donors (Lipinski definition) is 5. The van der Waals surface area contributed by atoms with Crippen molar-refractivity contribution in [3.63, 3.8) is 0 Å². The second-order valence-corrected chi connectivity index (χ2v) is 15.2. The van der Waals surface area contributed by atoms with Gasteiger partial charge in [0.1, 0.15) is 41.7 Å². The van der Waals surface area contributed by atoms with E-state index in [1.165, 1.54) is 20.8 Å². The van der Waals surface area contributed by atoms with Gasteiger partial charge in [-0.3, -0.25) is 19.2 Å². The summed E-state index contributed by atoms with van der Waals surface area (Å²) in [5.74, 6) is -11.7. The largest absolute Gasteiger partial charge is 0.459 e. The summed E-state index contributed by atoms with van der Waals surface area (Å²) in [5, 5.41) is 60.8. The highest BCUT2D eigenvalue weighted by Gasteiger charge is 2.84. The van der Waals surface area contributed by atoms with Crippen LogP contribution in [0, 0.1) is 57.7 Å². The molecule has 7 aliphatic rings. The Kier molecular flexibility index (Phi) is 7.07. The number of esters is 3. The van der Waals surface area contributed by atoms with E-state index >= 15 is 0 Å². The molecule has 0 spiro atoms. The minimum atomic E-state index is -1.98. The molecule has 0 aromatic heterocycles. The third-order valence-corrected chi connectivity index (χ3v) is 13.4. The highest BCUT2D eigenvalue weighted by Crippen LogP contribution is 2.75. The van der Waals surface area contributed by atoms with Crippen LogP contribution in [0.5, 0.6) is 0 Å². The van der Waals surface area contributed by atoms with Gasteiger partial charge in [0.2, 0.25) is 0 Å². The van der Waals surface area contributed by atoms with Crippen molar-refractivity contribution in [2.24, 2.45) is 57.7 Å². The minimum absolute atomic E-state index is 0.0900. The third-order valence-electron chi connectivity index (χ3n) is 13.4. The lowest BCUT2D eigenvalue weighted by molar-refractivity contribution is -0.291. The van der Waals surface area contributed by atoms with Gasteiger partial charge in [0.15, 0.2) is 6.10 Å². The first-order valence-corrected chi connectivity index (χ1v) is 16.3. The molecule has 5 aliphatic carbocycles. The van der Waals surface area contributed by atoms with Crippen LogP contribution < -0.4 is 0 Å². The summed E-state index contributed by atoms with van der Waals surface area (Å²) in [4.78, 5) is 66.5. The highest BCUT2D eigenvalue weighted by atomic mass is 16.6. The molecule has 19 atom stereocenters. The first-order valence-electron chi connectivity index (χ1n) is 16.3. The van der Waals surface area contributed by atoms with Crippen molar-refractivity contribution in [2.75, 3.05) is 0 Å². The molecule has 2 aliphatic heterocycles. The maximum atomic E-state index is 14.3. The smallest absolute Gasteiger partial charge is 0.341 e. The van der Waals surface area contributed by atoms with Crippen molar-refractivity contribution >= 4 is 29.5 Å². The second-order valence-electron chi connectivity index (χ2n) is 15.2. The van der Waals surface area contributed by atoms with Gasteiger partial charge >= 0.3 is 17.9 Å². The number of allylic oxidation sites excluding steroid dienone is 1. The van der Waals surface area contributed by atoms with Crippen LogP contribution in [-0.2, 0) is 42.9 Å². The molecule has 2 heterocycles. The second kappa shape index (κ2) is 10.1. The number of aliphatic hydroxyl groups excluding tert-OH is 5. The fourth-order valence-electron chi connectivity index (χ4n) is 12.1. The molecule has 0 radical (unpaired) electrons. The fraction of sp³-hybridized carbons (Fsp3) is 0.788. The van der Waals surface area contributed by atoms with E-state index in [0.717, 1.165) is 13.8 Å². The number of carbonyl (C=O) groups excluding carboxylic acids is 5. The predicted molar refractivity (Wildman–Crippen MR) is 153 cm³/mol. The van der Waals surface area contributed by atoms with Gasteiger partial charge in [-0.25, -0.2) is 4.79 Å². The lowest BCUT2D eigenvalue weighted by Crippen LogP contribution is -2.78. The Morgan fingerprint density at radius 2 is 1.40 bits per heavy atom. The Morgan fingerprint density at radius 3 is 1.98 bits per heavy atom. The zero-order valence-electron chi connectivity index (χ0n) is 26.9. The van der Waals surface area contributed by atoms with Crippen LogP contribution in [0.1, 0.15) is 48.0 Å². The van der Waals surface area contributed by atoms with E-state index in [9.17, 15) is 49.5 Å². The topological polar surface area (TPSA) is 227 Å². The van der Waals surface area contributed by atoms with Gasteiger partial charge in [-0.1, -0.05) is 6.92 Å². The van der Waals surface area contributed by atoms with Crippen molar-refractivity contribution < 1.29 is 68.5 Å². The molecule has 258 valence electrons. The average molecular weight is 663 g/mol. The molecule has 0 aromatic rings. The van der Waals surface area contributed by atoms with Crippen LogP contribution in [0.25, 0.3) is 0 Å². The molecule has 14 nitrogen and oxygen atoms in total. The van der Waals surface area contributed by atoms with Gasteiger partial charge in [0.25, 0.3) is 0 Å². The summed E-state index contributed by atoms with van der Waals surface area (Å²) in [6, 6.07) is 0. The summed E-state index contributed by atoms with van der Waals surface area (Å²) in [5.41, 5.74) is -5.47. The third kappa shape index (κ3) is 3.69. The first-order chi connectivity index (χ1) is 21.9. The number of rotatable bonds is 4. The van der Waals surface area contributed by atoms with Gasteiger partial charge in [-0.2, -0.15) is 0 Å². The quantitative estimate of drug-likeness (QED) is 0.136. The number of fused-ring (bicyclic) bond motifs is 10. The summed E-state index contributed by atoms with van der Waals surface area (Å²) in [7, 11) is 0. The molecule has 2 saturated heterocycles. The fourth-order valence-corrected chi connectivity index (χ4v) is 12.1. The molecule has 0 aromatic carbocycles. The van der Waals surface area contributed by atoms with E-state index < -0.39 is 142 Å². The van der Waals surface area contributed by atoms with E-state index in [-0.39, 0.29) is 12.2 Å². The molecular weight excluding hydrogens is 620 g/mol. The van der Waals surface area contributed by atoms with Gasteiger partial charge in [0, 0.05) is 43.4 Å². The Bertz CT molecular complexity index is 1490. The van der Waals surface area contributed by atoms with E-state index in [1.54, 1.807) is 13.0 Å². The molecule has 19 unspecified atom stereocenters. The summed E-state index contributed by atoms with van der Waals surface area (Å²) < 4.78 is 22.8. The predicted octanol–water partition coefficient (Wildman–Crippen LogP) is -1.19. The van der Waals surface area contributed by atoms with Crippen molar-refractivity contribution in [3.05, 3.63) is 11.8 Å². The molecule has 14 heteroatoms. The lowest BCUT2D eigenvalue weighted by atomic mass is 9.39. The molecule has 0 bridgehead atoms. The minimum Gasteiger partial charge on any atom is -0.459 e. The summed E-state index contributed by atoms with van der Waals surface area (Å²) in [6.07, 6.45) is -11.2. The number of Topliss-reactive ketones (excluding diaryl/α,β-unsaturated/α-hetero) is 2. The van der Waals surface area contributed by atoms with Gasteiger partial charge in [0.05, 0.1) is 40.7 Å². The summed E-state index contributed by atoms with van der Waals surface area (Å²) >= 11 is 0. The molecule has 5 N–H and O–H groups in total. The Morgan fingerprint density at radius 1 is 0.809 bits per heavy atom. The van der Waals surface area contributed by atoms with E-state index in [0.29, 0.717) is 0 Å². The van der Waals surface area contributed by atoms with Crippen molar-refractivity contribution in [3.8, 4) is 0 Å². The van der Waals surface area contributed by atoms with Crippen LogP contribution in [-0.4, -0.2) is 110 Å². The molecule has 6 fully saturated rings. The molecule has 4 saturated carbocycles.